The van der Waals surface area contributed by atoms with Gasteiger partial charge in [-0.15, -0.1) is 0 Å². The lowest BCUT2D eigenvalue weighted by atomic mass is 9.93. The van der Waals surface area contributed by atoms with Crippen molar-refractivity contribution >= 4 is 31.9 Å². The number of halogens is 2. The zero-order valence-corrected chi connectivity index (χ0v) is 13.9. The van der Waals surface area contributed by atoms with Crippen molar-refractivity contribution in [2.75, 3.05) is 26.8 Å². The maximum Gasteiger partial charge on any atom is 0.135 e. The number of nitrogens with one attached hydrogen (secondary N) is 1. The molecule has 2 rings (SSSR count). The third-order valence-electron chi connectivity index (χ3n) is 3.24. The van der Waals surface area contributed by atoms with Crippen LogP contribution in [0.1, 0.15) is 12.8 Å². The van der Waals surface area contributed by atoms with Gasteiger partial charge in [0.25, 0.3) is 0 Å². The quantitative estimate of drug-likeness (QED) is 0.824. The summed E-state index contributed by atoms with van der Waals surface area (Å²) in [4.78, 5) is 0. The monoisotopic (exact) mass is 393 g/mol. The molecule has 1 fully saturated rings. The second-order valence-electron chi connectivity index (χ2n) is 4.68. The van der Waals surface area contributed by atoms with Crippen LogP contribution >= 0.6 is 31.9 Å². The molecule has 0 saturated carbocycles. The van der Waals surface area contributed by atoms with Crippen molar-refractivity contribution in [2.45, 2.75) is 18.4 Å². The number of methoxy groups -OCH3 is 1. The van der Waals surface area contributed by atoms with E-state index in [0.29, 0.717) is 25.2 Å². The van der Waals surface area contributed by atoms with Gasteiger partial charge in [-0.2, -0.15) is 0 Å². The van der Waals surface area contributed by atoms with Crippen LogP contribution in [-0.2, 0) is 0 Å². The van der Waals surface area contributed by atoms with Crippen LogP contribution in [0.15, 0.2) is 21.1 Å². The Hall–Kier alpha value is -0.300. The molecule has 106 valence electrons. The van der Waals surface area contributed by atoms with Crippen LogP contribution in [0, 0.1) is 0 Å². The lowest BCUT2D eigenvalue weighted by Crippen LogP contribution is -2.46. The van der Waals surface area contributed by atoms with Crippen LogP contribution in [0.3, 0.4) is 0 Å². The minimum atomic E-state index is -0.739. The molecule has 1 saturated heterocycles. The molecule has 0 bridgehead atoms. The number of benzene rings is 1. The van der Waals surface area contributed by atoms with Gasteiger partial charge in [-0.25, -0.2) is 0 Å². The van der Waals surface area contributed by atoms with Crippen molar-refractivity contribution < 1.29 is 14.6 Å². The third kappa shape index (κ3) is 3.84. The summed E-state index contributed by atoms with van der Waals surface area (Å²) in [5.74, 6) is 1.43. The second-order valence-corrected chi connectivity index (χ2v) is 6.39. The van der Waals surface area contributed by atoms with Gasteiger partial charge in [0.05, 0.1) is 16.1 Å². The van der Waals surface area contributed by atoms with Gasteiger partial charge in [0, 0.05) is 0 Å². The molecular weight excluding hydrogens is 378 g/mol. The van der Waals surface area contributed by atoms with E-state index in [4.69, 9.17) is 9.47 Å². The predicted molar refractivity (Wildman–Crippen MR) is 80.9 cm³/mol. The van der Waals surface area contributed by atoms with Crippen molar-refractivity contribution in [1.82, 2.24) is 5.32 Å². The molecule has 0 atom stereocenters. The fourth-order valence-electron chi connectivity index (χ4n) is 2.03. The molecule has 1 heterocycles. The van der Waals surface area contributed by atoms with E-state index in [1.54, 1.807) is 7.11 Å². The summed E-state index contributed by atoms with van der Waals surface area (Å²) >= 11 is 6.87. The zero-order valence-electron chi connectivity index (χ0n) is 10.7. The number of hydrogen-bond acceptors (Lipinski definition) is 4. The summed E-state index contributed by atoms with van der Waals surface area (Å²) < 4.78 is 12.6. The summed E-state index contributed by atoms with van der Waals surface area (Å²) in [6, 6.07) is 3.68. The Kier molecular flexibility index (Phi) is 5.11. The molecule has 19 heavy (non-hydrogen) atoms. The maximum atomic E-state index is 10.4. The highest BCUT2D eigenvalue weighted by molar-refractivity contribution is 9.11. The molecule has 1 aromatic rings. The topological polar surface area (TPSA) is 50.7 Å². The third-order valence-corrected chi connectivity index (χ3v) is 4.48. The standard InChI is InChI=1S/C13H17Br2NO3/c1-18-11-6-10(15)12(7-9(11)14)19-8-13(17)2-4-16-5-3-13/h6-7,16-17H,2-5,8H2,1H3. The highest BCUT2D eigenvalue weighted by atomic mass is 79.9. The highest BCUT2D eigenvalue weighted by Gasteiger charge is 2.30. The Morgan fingerprint density at radius 3 is 2.42 bits per heavy atom. The molecule has 4 nitrogen and oxygen atoms in total. The van der Waals surface area contributed by atoms with E-state index in [0.717, 1.165) is 27.8 Å². The molecule has 2 N–H and O–H groups in total. The van der Waals surface area contributed by atoms with Crippen molar-refractivity contribution in [2.24, 2.45) is 0 Å². The smallest absolute Gasteiger partial charge is 0.135 e. The van der Waals surface area contributed by atoms with E-state index < -0.39 is 5.60 Å². The fraction of sp³-hybridized carbons (Fsp3) is 0.538. The van der Waals surface area contributed by atoms with E-state index in [1.807, 2.05) is 12.1 Å². The van der Waals surface area contributed by atoms with Gasteiger partial charge in [-0.05, 0) is 69.9 Å². The summed E-state index contributed by atoms with van der Waals surface area (Å²) in [6.45, 7) is 1.95. The first-order valence-corrected chi connectivity index (χ1v) is 7.72. The highest BCUT2D eigenvalue weighted by Crippen LogP contribution is 2.36. The Labute approximate surface area is 129 Å². The van der Waals surface area contributed by atoms with Gasteiger partial charge in [-0.3, -0.25) is 0 Å². The van der Waals surface area contributed by atoms with Crippen molar-refractivity contribution in [1.29, 1.82) is 0 Å². The molecular formula is C13H17Br2NO3. The molecule has 0 aliphatic carbocycles. The summed E-state index contributed by atoms with van der Waals surface area (Å²) in [5, 5.41) is 13.6. The summed E-state index contributed by atoms with van der Waals surface area (Å²) in [6.07, 6.45) is 1.42. The van der Waals surface area contributed by atoms with E-state index in [-0.39, 0.29) is 0 Å². The van der Waals surface area contributed by atoms with Gasteiger partial charge in [-0.1, -0.05) is 0 Å². The maximum absolute atomic E-state index is 10.4. The first-order chi connectivity index (χ1) is 9.04. The first kappa shape index (κ1) is 15.1. The number of ether oxygens (including phenoxy) is 2. The summed E-state index contributed by atoms with van der Waals surface area (Å²) in [5.41, 5.74) is -0.739. The molecule has 1 aromatic carbocycles. The lowest BCUT2D eigenvalue weighted by Gasteiger charge is -2.32. The van der Waals surface area contributed by atoms with E-state index in [1.165, 1.54) is 0 Å². The Bertz CT molecular complexity index is 448. The van der Waals surface area contributed by atoms with Crippen LogP contribution < -0.4 is 14.8 Å². The largest absolute Gasteiger partial charge is 0.496 e. The van der Waals surface area contributed by atoms with Crippen molar-refractivity contribution in [3.8, 4) is 11.5 Å². The van der Waals surface area contributed by atoms with Crippen molar-refractivity contribution in [3.05, 3.63) is 21.1 Å². The molecule has 0 unspecified atom stereocenters. The van der Waals surface area contributed by atoms with E-state index in [2.05, 4.69) is 37.2 Å². The average Bonchev–Trinajstić information content (AvgIpc) is 2.40. The Morgan fingerprint density at radius 1 is 1.21 bits per heavy atom. The number of piperidine rings is 1. The van der Waals surface area contributed by atoms with Gasteiger partial charge >= 0.3 is 0 Å². The van der Waals surface area contributed by atoms with Gasteiger partial charge in [0.2, 0.25) is 0 Å². The zero-order chi connectivity index (χ0) is 13.9. The fourth-order valence-corrected chi connectivity index (χ4v) is 2.95. The van der Waals surface area contributed by atoms with Gasteiger partial charge in [0.15, 0.2) is 0 Å². The van der Waals surface area contributed by atoms with Crippen molar-refractivity contribution in [3.63, 3.8) is 0 Å². The van der Waals surface area contributed by atoms with Crippen LogP contribution in [0.25, 0.3) is 0 Å². The molecule has 0 aromatic heterocycles. The van der Waals surface area contributed by atoms with E-state index in [9.17, 15) is 5.11 Å². The molecule has 1 aliphatic heterocycles. The Morgan fingerprint density at radius 2 is 1.79 bits per heavy atom. The lowest BCUT2D eigenvalue weighted by molar-refractivity contribution is -0.0288. The molecule has 0 spiro atoms. The number of rotatable bonds is 4. The molecule has 0 radical (unpaired) electrons. The normalized spacial score (nSPS) is 18.1. The van der Waals surface area contributed by atoms with E-state index >= 15 is 0 Å². The van der Waals surface area contributed by atoms with Crippen LogP contribution in [0.5, 0.6) is 11.5 Å². The number of aliphatic hydroxyl groups is 1. The molecule has 0 amide bonds. The predicted octanol–water partition coefficient (Wildman–Crippen LogP) is 2.71. The molecule has 6 heteroatoms. The molecule has 1 aliphatic rings. The SMILES string of the molecule is COc1cc(Br)c(OCC2(O)CCNCC2)cc1Br. The summed E-state index contributed by atoms with van der Waals surface area (Å²) in [7, 11) is 1.62. The van der Waals surface area contributed by atoms with Crippen LogP contribution in [0.2, 0.25) is 0 Å². The second kappa shape index (κ2) is 6.43. The average molecular weight is 395 g/mol. The minimum Gasteiger partial charge on any atom is -0.496 e. The van der Waals surface area contributed by atoms with Crippen LogP contribution in [0.4, 0.5) is 0 Å². The van der Waals surface area contributed by atoms with Crippen LogP contribution in [-0.4, -0.2) is 37.5 Å². The first-order valence-electron chi connectivity index (χ1n) is 6.13. The van der Waals surface area contributed by atoms with Gasteiger partial charge < -0.3 is 19.9 Å². The minimum absolute atomic E-state index is 0.298. The number of hydrogen-bond donors (Lipinski definition) is 2. The Balaban J connectivity index is 2.05. The van der Waals surface area contributed by atoms with Gasteiger partial charge in [0.1, 0.15) is 23.7 Å².